The number of hydrogen-bond donors (Lipinski definition) is 2. The van der Waals surface area contributed by atoms with Gasteiger partial charge in [0, 0.05) is 0 Å². The molecule has 3 rings (SSSR count). The van der Waals surface area contributed by atoms with Crippen molar-refractivity contribution in [3.8, 4) is 22.6 Å². The Hall–Kier alpha value is -3.27. The molecule has 4 heteroatoms. The molecule has 0 saturated carbocycles. The smallest absolute Gasteiger partial charge is 0.265 e. The quantitative estimate of drug-likeness (QED) is 0.653. The van der Waals surface area contributed by atoms with Crippen molar-refractivity contribution < 1.29 is 14.6 Å². The molecule has 3 aromatic rings. The Morgan fingerprint density at radius 1 is 0.962 bits per heavy atom. The number of amides is 1. The van der Waals surface area contributed by atoms with E-state index in [9.17, 15) is 9.90 Å². The molecule has 0 aliphatic rings. The fourth-order valence-electron chi connectivity index (χ4n) is 2.60. The molecule has 1 atom stereocenters. The predicted molar refractivity (Wildman–Crippen MR) is 103 cm³/mol. The number of carbonyl (C=O) groups excluding carboxylic acids is 1. The number of phenols is 1. The molecule has 0 bridgehead atoms. The molecular weight excluding hydrogens is 326 g/mol. The highest BCUT2D eigenvalue weighted by Crippen LogP contribution is 2.25. The van der Waals surface area contributed by atoms with E-state index in [2.05, 4.69) is 5.32 Å². The van der Waals surface area contributed by atoms with Crippen LogP contribution in [-0.2, 0) is 4.79 Å². The zero-order chi connectivity index (χ0) is 18.5. The van der Waals surface area contributed by atoms with Crippen molar-refractivity contribution in [1.29, 1.82) is 0 Å². The topological polar surface area (TPSA) is 58.6 Å². The van der Waals surface area contributed by atoms with Crippen LogP contribution < -0.4 is 10.1 Å². The van der Waals surface area contributed by atoms with Crippen LogP contribution in [-0.4, -0.2) is 17.1 Å². The van der Waals surface area contributed by atoms with Crippen LogP contribution in [0.3, 0.4) is 0 Å². The first-order valence-corrected chi connectivity index (χ1v) is 8.45. The van der Waals surface area contributed by atoms with Gasteiger partial charge in [-0.25, -0.2) is 0 Å². The third kappa shape index (κ3) is 4.22. The van der Waals surface area contributed by atoms with Crippen LogP contribution in [0.15, 0.2) is 72.8 Å². The van der Waals surface area contributed by atoms with E-state index in [0.717, 1.165) is 16.7 Å². The minimum absolute atomic E-state index is 0.0396. The lowest BCUT2D eigenvalue weighted by Gasteiger charge is -2.16. The van der Waals surface area contributed by atoms with E-state index in [1.54, 1.807) is 19.1 Å². The average molecular weight is 347 g/mol. The van der Waals surface area contributed by atoms with Crippen molar-refractivity contribution in [3.05, 3.63) is 78.4 Å². The minimum Gasteiger partial charge on any atom is -0.506 e. The number of phenolic OH excluding ortho intramolecular Hbond substituents is 1. The van der Waals surface area contributed by atoms with Gasteiger partial charge in [-0.1, -0.05) is 48.5 Å². The van der Waals surface area contributed by atoms with Crippen LogP contribution in [0.5, 0.6) is 11.5 Å². The molecule has 0 radical (unpaired) electrons. The van der Waals surface area contributed by atoms with E-state index >= 15 is 0 Å². The summed E-state index contributed by atoms with van der Waals surface area (Å²) in [6.45, 7) is 3.54. The number of benzene rings is 3. The third-order valence-electron chi connectivity index (χ3n) is 4.05. The van der Waals surface area contributed by atoms with Crippen LogP contribution in [0, 0.1) is 6.92 Å². The van der Waals surface area contributed by atoms with Gasteiger partial charge in [0.15, 0.2) is 6.10 Å². The summed E-state index contributed by atoms with van der Waals surface area (Å²) < 4.78 is 5.71. The second kappa shape index (κ2) is 7.74. The van der Waals surface area contributed by atoms with Crippen LogP contribution >= 0.6 is 0 Å². The number of aryl methyl sites for hydroxylation is 1. The van der Waals surface area contributed by atoms with E-state index in [4.69, 9.17) is 4.74 Å². The molecule has 0 aliphatic carbocycles. The Balaban J connectivity index is 1.63. The van der Waals surface area contributed by atoms with Crippen molar-refractivity contribution in [2.24, 2.45) is 0 Å². The third-order valence-corrected chi connectivity index (χ3v) is 4.05. The zero-order valence-corrected chi connectivity index (χ0v) is 14.8. The molecule has 3 aromatic carbocycles. The maximum atomic E-state index is 12.3. The largest absolute Gasteiger partial charge is 0.506 e. The number of rotatable bonds is 5. The Morgan fingerprint density at radius 3 is 2.27 bits per heavy atom. The van der Waals surface area contributed by atoms with Crippen molar-refractivity contribution in [1.82, 2.24) is 0 Å². The second-order valence-corrected chi connectivity index (χ2v) is 6.16. The van der Waals surface area contributed by atoms with E-state index < -0.39 is 6.10 Å². The molecule has 0 fully saturated rings. The molecule has 26 heavy (non-hydrogen) atoms. The molecule has 4 nitrogen and oxygen atoms in total. The van der Waals surface area contributed by atoms with Gasteiger partial charge in [-0.15, -0.1) is 0 Å². The summed E-state index contributed by atoms with van der Waals surface area (Å²) in [5.41, 5.74) is 3.50. The molecule has 0 unspecified atom stereocenters. The van der Waals surface area contributed by atoms with Gasteiger partial charge in [0.25, 0.3) is 5.91 Å². The summed E-state index contributed by atoms with van der Waals surface area (Å²) >= 11 is 0. The lowest BCUT2D eigenvalue weighted by molar-refractivity contribution is -0.122. The fourth-order valence-corrected chi connectivity index (χ4v) is 2.60. The monoisotopic (exact) mass is 347 g/mol. The number of aromatic hydroxyl groups is 1. The number of hydrogen-bond acceptors (Lipinski definition) is 3. The number of carbonyl (C=O) groups is 1. The van der Waals surface area contributed by atoms with Gasteiger partial charge >= 0.3 is 0 Å². The summed E-state index contributed by atoms with van der Waals surface area (Å²) in [6.07, 6.45) is -0.696. The summed E-state index contributed by atoms with van der Waals surface area (Å²) in [6, 6.07) is 22.7. The van der Waals surface area contributed by atoms with Crippen LogP contribution in [0.25, 0.3) is 11.1 Å². The number of ether oxygens (including phenoxy) is 1. The lowest BCUT2D eigenvalue weighted by atomic mass is 10.1. The average Bonchev–Trinajstić information content (AvgIpc) is 2.65. The maximum absolute atomic E-state index is 12.3. The van der Waals surface area contributed by atoms with Gasteiger partial charge in [-0.3, -0.25) is 4.79 Å². The number of anilines is 1. The summed E-state index contributed by atoms with van der Waals surface area (Å²) in [5.74, 6) is 0.328. The Labute approximate surface area is 153 Å². The van der Waals surface area contributed by atoms with Gasteiger partial charge in [-0.05, 0) is 54.8 Å². The maximum Gasteiger partial charge on any atom is 0.265 e. The Kier molecular flexibility index (Phi) is 5.23. The van der Waals surface area contributed by atoms with Crippen molar-refractivity contribution >= 4 is 11.6 Å². The molecule has 1 amide bonds. The number of nitrogens with one attached hydrogen (secondary N) is 1. The standard InChI is InChI=1S/C22H21NO3/c1-15-8-13-20(21(24)14-15)23-22(25)16(2)26-19-11-9-18(10-12-19)17-6-4-3-5-7-17/h3-14,16,24H,1-2H3,(H,23,25)/t16-/m1/s1. The Bertz CT molecular complexity index is 889. The molecular formula is C22H21NO3. The minimum atomic E-state index is -0.696. The van der Waals surface area contributed by atoms with E-state index in [-0.39, 0.29) is 11.7 Å². The zero-order valence-electron chi connectivity index (χ0n) is 14.8. The van der Waals surface area contributed by atoms with Crippen molar-refractivity contribution in [3.63, 3.8) is 0 Å². The highest BCUT2D eigenvalue weighted by atomic mass is 16.5. The molecule has 132 valence electrons. The first-order chi connectivity index (χ1) is 12.5. The highest BCUT2D eigenvalue weighted by Gasteiger charge is 2.16. The van der Waals surface area contributed by atoms with Crippen LogP contribution in [0.4, 0.5) is 5.69 Å². The first-order valence-electron chi connectivity index (χ1n) is 8.45. The summed E-state index contributed by atoms with van der Waals surface area (Å²) in [4.78, 5) is 12.3. The van der Waals surface area contributed by atoms with E-state index in [1.807, 2.05) is 67.6 Å². The van der Waals surface area contributed by atoms with Gasteiger partial charge < -0.3 is 15.2 Å². The van der Waals surface area contributed by atoms with Crippen LogP contribution in [0.2, 0.25) is 0 Å². The van der Waals surface area contributed by atoms with E-state index in [0.29, 0.717) is 11.4 Å². The molecule has 0 saturated heterocycles. The molecule has 0 aliphatic heterocycles. The SMILES string of the molecule is Cc1ccc(NC(=O)[C@@H](C)Oc2ccc(-c3ccccc3)cc2)c(O)c1. The predicted octanol–water partition coefficient (Wildman–Crippen LogP) is 4.77. The highest BCUT2D eigenvalue weighted by molar-refractivity contribution is 5.95. The fraction of sp³-hybridized carbons (Fsp3) is 0.136. The second-order valence-electron chi connectivity index (χ2n) is 6.16. The molecule has 0 spiro atoms. The summed E-state index contributed by atoms with van der Waals surface area (Å²) in [5, 5.41) is 12.6. The Morgan fingerprint density at radius 2 is 1.62 bits per heavy atom. The van der Waals surface area contributed by atoms with Gasteiger partial charge in [0.2, 0.25) is 0 Å². The molecule has 0 aromatic heterocycles. The van der Waals surface area contributed by atoms with Gasteiger partial charge in [0.1, 0.15) is 11.5 Å². The molecule has 0 heterocycles. The first kappa shape index (κ1) is 17.5. The molecule has 2 N–H and O–H groups in total. The van der Waals surface area contributed by atoms with Crippen molar-refractivity contribution in [2.45, 2.75) is 20.0 Å². The van der Waals surface area contributed by atoms with Crippen LogP contribution in [0.1, 0.15) is 12.5 Å². The lowest BCUT2D eigenvalue weighted by Crippen LogP contribution is -2.30. The normalized spacial score (nSPS) is 11.6. The van der Waals surface area contributed by atoms with E-state index in [1.165, 1.54) is 0 Å². The van der Waals surface area contributed by atoms with Gasteiger partial charge in [0.05, 0.1) is 5.69 Å². The summed E-state index contributed by atoms with van der Waals surface area (Å²) in [7, 11) is 0. The van der Waals surface area contributed by atoms with Crippen molar-refractivity contribution in [2.75, 3.05) is 5.32 Å². The van der Waals surface area contributed by atoms with Gasteiger partial charge in [-0.2, -0.15) is 0 Å².